The fourth-order valence-corrected chi connectivity index (χ4v) is 4.79. The molecule has 216 valence electrons. The van der Waals surface area contributed by atoms with Gasteiger partial charge < -0.3 is 19.7 Å². The number of nitrogens with zero attached hydrogens (tertiary/aromatic N) is 2. The average molecular weight is 558 g/mol. The van der Waals surface area contributed by atoms with Gasteiger partial charge >= 0.3 is 12.2 Å². The maximum Gasteiger partial charge on any atom is 0.419 e. The van der Waals surface area contributed by atoms with Crippen molar-refractivity contribution < 1.29 is 23.9 Å². The number of hydrogen-bond acceptors (Lipinski definition) is 5. The van der Waals surface area contributed by atoms with Crippen LogP contribution in [0.3, 0.4) is 0 Å². The van der Waals surface area contributed by atoms with Crippen LogP contribution in [-0.4, -0.2) is 47.3 Å². The highest BCUT2D eigenvalue weighted by molar-refractivity contribution is 5.98. The third-order valence-electron chi connectivity index (χ3n) is 6.50. The summed E-state index contributed by atoms with van der Waals surface area (Å²) in [5.74, 6) is -0.912. The molecule has 0 radical (unpaired) electrons. The quantitative estimate of drug-likeness (QED) is 0.354. The lowest BCUT2D eigenvalue weighted by Gasteiger charge is -2.28. The van der Waals surface area contributed by atoms with Crippen LogP contribution in [0.4, 0.5) is 26.7 Å². The van der Waals surface area contributed by atoms with Crippen LogP contribution < -0.4 is 10.2 Å². The molecule has 0 saturated carbocycles. The first kappa shape index (κ1) is 29.6. The maximum absolute atomic E-state index is 13.7. The van der Waals surface area contributed by atoms with Gasteiger partial charge in [-0.1, -0.05) is 54.6 Å². The summed E-state index contributed by atoms with van der Waals surface area (Å²) in [7, 11) is 0. The van der Waals surface area contributed by atoms with Crippen LogP contribution >= 0.6 is 0 Å². The summed E-state index contributed by atoms with van der Waals surface area (Å²) in [6, 6.07) is 26.0. The second-order valence-corrected chi connectivity index (χ2v) is 12.2. The Balaban J connectivity index is 1.59. The molecule has 1 fully saturated rings. The molecule has 8 nitrogen and oxygen atoms in total. The molecule has 1 aliphatic rings. The number of anilines is 3. The molecule has 1 heterocycles. The van der Waals surface area contributed by atoms with E-state index in [-0.39, 0.29) is 18.4 Å². The largest absolute Gasteiger partial charge is 0.444 e. The van der Waals surface area contributed by atoms with Crippen molar-refractivity contribution in [2.45, 2.75) is 58.7 Å². The highest BCUT2D eigenvalue weighted by atomic mass is 16.6. The molecule has 41 heavy (non-hydrogen) atoms. The Bertz CT molecular complexity index is 1360. The predicted octanol–water partition coefficient (Wildman–Crippen LogP) is 7.35. The van der Waals surface area contributed by atoms with Crippen molar-refractivity contribution in [3.05, 3.63) is 90.5 Å². The Hall–Kier alpha value is -4.33. The van der Waals surface area contributed by atoms with Crippen LogP contribution in [0, 0.1) is 5.92 Å². The number of carbonyl (C=O) groups is 3. The molecule has 1 aliphatic heterocycles. The van der Waals surface area contributed by atoms with E-state index in [1.54, 1.807) is 29.2 Å². The van der Waals surface area contributed by atoms with Gasteiger partial charge in [-0.25, -0.2) is 14.5 Å². The number of ether oxygens (including phenoxy) is 2. The normalized spacial score (nSPS) is 17.1. The highest BCUT2D eigenvalue weighted by Crippen LogP contribution is 2.35. The van der Waals surface area contributed by atoms with Crippen molar-refractivity contribution in [2.24, 2.45) is 5.92 Å². The van der Waals surface area contributed by atoms with Crippen LogP contribution in [0.1, 0.15) is 53.0 Å². The highest BCUT2D eigenvalue weighted by Gasteiger charge is 2.41. The number of rotatable bonds is 5. The molecule has 1 N–H and O–H groups in total. The number of likely N-dealkylation sites (tertiary alicyclic amines) is 1. The Morgan fingerprint density at radius 2 is 1.34 bits per heavy atom. The van der Waals surface area contributed by atoms with Gasteiger partial charge in [0.2, 0.25) is 5.91 Å². The van der Waals surface area contributed by atoms with Gasteiger partial charge in [-0.3, -0.25) is 4.79 Å². The summed E-state index contributed by atoms with van der Waals surface area (Å²) in [5, 5.41) is 3.03. The third-order valence-corrected chi connectivity index (χ3v) is 6.50. The molecular weight excluding hydrogens is 518 g/mol. The molecule has 3 aromatic carbocycles. The van der Waals surface area contributed by atoms with Crippen LogP contribution in [0.2, 0.25) is 0 Å². The molecule has 3 aromatic rings. The first-order valence-corrected chi connectivity index (χ1v) is 13.8. The van der Waals surface area contributed by atoms with Crippen molar-refractivity contribution in [2.75, 3.05) is 23.3 Å². The second kappa shape index (κ2) is 12.0. The van der Waals surface area contributed by atoms with Gasteiger partial charge in [0.1, 0.15) is 11.2 Å². The molecule has 2 atom stereocenters. The molecule has 8 heteroatoms. The predicted molar refractivity (Wildman–Crippen MR) is 160 cm³/mol. The number of para-hydroxylation sites is 1. The van der Waals surface area contributed by atoms with Crippen molar-refractivity contribution >= 4 is 35.2 Å². The number of benzene rings is 3. The Labute approximate surface area is 242 Å². The molecular formula is C33H39N3O5. The lowest BCUT2D eigenvalue weighted by Crippen LogP contribution is -2.36. The van der Waals surface area contributed by atoms with Crippen LogP contribution in [-0.2, 0) is 14.3 Å². The van der Waals surface area contributed by atoms with E-state index < -0.39 is 29.3 Å². The fraction of sp³-hybridized carbons (Fsp3) is 0.364. The Kier molecular flexibility index (Phi) is 8.71. The number of nitrogens with one attached hydrogen (secondary N) is 1. The van der Waals surface area contributed by atoms with Crippen LogP contribution in [0.5, 0.6) is 0 Å². The summed E-state index contributed by atoms with van der Waals surface area (Å²) in [6.45, 7) is 11.5. The average Bonchev–Trinajstić information content (AvgIpc) is 3.34. The fourth-order valence-electron chi connectivity index (χ4n) is 4.79. The van der Waals surface area contributed by atoms with E-state index in [9.17, 15) is 14.4 Å². The molecule has 0 unspecified atom stereocenters. The molecule has 0 aliphatic carbocycles. The van der Waals surface area contributed by atoms with Gasteiger partial charge in [0, 0.05) is 24.7 Å². The lowest BCUT2D eigenvalue weighted by atomic mass is 9.88. The standard InChI is InChI=1S/C33H39N3O5/c1-32(2,3)40-30(38)35-21-27(23-14-9-7-10-15-23)28(22-35)29(37)34-24-16-13-19-26(20-24)36(25-17-11-8-12-18-25)31(39)41-33(4,5)6/h7-20,27-28H,21-22H2,1-6H3,(H,34,37)/t27-,28+/m0/s1. The maximum atomic E-state index is 13.7. The Morgan fingerprint density at radius 3 is 1.95 bits per heavy atom. The zero-order chi connectivity index (χ0) is 29.8. The van der Waals surface area contributed by atoms with Gasteiger partial charge in [0.05, 0.1) is 17.3 Å². The van der Waals surface area contributed by atoms with E-state index >= 15 is 0 Å². The van der Waals surface area contributed by atoms with Crippen LogP contribution in [0.25, 0.3) is 0 Å². The van der Waals surface area contributed by atoms with Crippen molar-refractivity contribution in [3.63, 3.8) is 0 Å². The van der Waals surface area contributed by atoms with Gasteiger partial charge in [-0.15, -0.1) is 0 Å². The van der Waals surface area contributed by atoms with E-state index in [4.69, 9.17) is 9.47 Å². The molecule has 4 rings (SSSR count). The summed E-state index contributed by atoms with van der Waals surface area (Å²) < 4.78 is 11.3. The Morgan fingerprint density at radius 1 is 0.756 bits per heavy atom. The SMILES string of the molecule is CC(C)(C)OC(=O)N1C[C@@H](C(=O)Nc2cccc(N(C(=O)OC(C)(C)C)c3ccccc3)c2)[C@H](c2ccccc2)C1. The van der Waals surface area contributed by atoms with Gasteiger partial charge in [-0.2, -0.15) is 0 Å². The topological polar surface area (TPSA) is 88.2 Å². The monoisotopic (exact) mass is 557 g/mol. The van der Waals surface area contributed by atoms with E-state index in [0.717, 1.165) is 5.56 Å². The molecule has 0 spiro atoms. The smallest absolute Gasteiger partial charge is 0.419 e. The van der Waals surface area contributed by atoms with Gasteiger partial charge in [-0.05, 0) is 77.4 Å². The zero-order valence-electron chi connectivity index (χ0n) is 24.6. The van der Waals surface area contributed by atoms with Gasteiger partial charge in [0.15, 0.2) is 0 Å². The van der Waals surface area contributed by atoms with Crippen LogP contribution in [0.15, 0.2) is 84.9 Å². The molecule has 0 bridgehead atoms. The molecule has 1 saturated heterocycles. The first-order chi connectivity index (χ1) is 19.3. The first-order valence-electron chi connectivity index (χ1n) is 13.8. The summed E-state index contributed by atoms with van der Waals surface area (Å²) in [4.78, 5) is 43.0. The number of carbonyl (C=O) groups excluding carboxylic acids is 3. The van der Waals surface area contributed by atoms with E-state index in [1.165, 1.54) is 4.90 Å². The van der Waals surface area contributed by atoms with Crippen molar-refractivity contribution in [1.82, 2.24) is 4.90 Å². The van der Waals surface area contributed by atoms with Gasteiger partial charge in [0.25, 0.3) is 0 Å². The molecule has 3 amide bonds. The second-order valence-electron chi connectivity index (χ2n) is 12.2. The summed E-state index contributed by atoms with van der Waals surface area (Å²) >= 11 is 0. The van der Waals surface area contributed by atoms with Crippen molar-refractivity contribution in [3.8, 4) is 0 Å². The zero-order valence-corrected chi connectivity index (χ0v) is 24.6. The third kappa shape index (κ3) is 7.87. The van der Waals surface area contributed by atoms with E-state index in [1.807, 2.05) is 102 Å². The van der Waals surface area contributed by atoms with E-state index in [2.05, 4.69) is 5.32 Å². The lowest BCUT2D eigenvalue weighted by molar-refractivity contribution is -0.119. The summed E-state index contributed by atoms with van der Waals surface area (Å²) in [5.41, 5.74) is 1.36. The van der Waals surface area contributed by atoms with E-state index in [0.29, 0.717) is 23.6 Å². The minimum atomic E-state index is -0.690. The van der Waals surface area contributed by atoms with Crippen molar-refractivity contribution in [1.29, 1.82) is 0 Å². The minimum Gasteiger partial charge on any atom is -0.444 e. The summed E-state index contributed by atoms with van der Waals surface area (Å²) in [6.07, 6.45) is -0.966. The number of hydrogen-bond donors (Lipinski definition) is 1. The minimum absolute atomic E-state index is 0.200. The number of amides is 3. The molecule has 0 aromatic heterocycles.